The van der Waals surface area contributed by atoms with Crippen molar-refractivity contribution in [1.29, 1.82) is 0 Å². The summed E-state index contributed by atoms with van der Waals surface area (Å²) in [6.07, 6.45) is 1.70. The molecule has 1 aromatic carbocycles. The highest BCUT2D eigenvalue weighted by Crippen LogP contribution is 2.26. The molecule has 0 aliphatic carbocycles. The van der Waals surface area contributed by atoms with Crippen molar-refractivity contribution < 1.29 is 19.1 Å². The van der Waals surface area contributed by atoms with Crippen LogP contribution in [0.1, 0.15) is 6.92 Å². The Kier molecular flexibility index (Phi) is 5.96. The maximum atomic E-state index is 13.1. The summed E-state index contributed by atoms with van der Waals surface area (Å²) in [4.78, 5) is 41.1. The average molecular weight is 387 g/mol. The van der Waals surface area contributed by atoms with Gasteiger partial charge in [0, 0.05) is 31.9 Å². The molecular formula is C19H25N5O4. The highest BCUT2D eigenvalue weighted by Gasteiger charge is 2.43. The minimum Gasteiger partial charge on any atom is -0.497 e. The summed E-state index contributed by atoms with van der Waals surface area (Å²) >= 11 is 0. The van der Waals surface area contributed by atoms with E-state index in [1.165, 1.54) is 7.11 Å². The molecule has 0 radical (unpaired) electrons. The third-order valence-electron chi connectivity index (χ3n) is 4.91. The molecular weight excluding hydrogens is 362 g/mol. The molecule has 28 heavy (non-hydrogen) atoms. The van der Waals surface area contributed by atoms with Crippen molar-refractivity contribution >= 4 is 23.5 Å². The molecule has 2 aliphatic rings. The molecule has 1 aromatic rings. The minimum absolute atomic E-state index is 0.371. The number of hydrogen-bond acceptors (Lipinski definition) is 7. The van der Waals surface area contributed by atoms with Gasteiger partial charge in [-0.3, -0.25) is 14.9 Å². The number of amides is 4. The summed E-state index contributed by atoms with van der Waals surface area (Å²) in [7, 11) is 3.58. The second-order valence-electron chi connectivity index (χ2n) is 6.75. The van der Waals surface area contributed by atoms with E-state index < -0.39 is 23.8 Å². The number of imide groups is 2. The second-order valence-corrected chi connectivity index (χ2v) is 6.75. The number of piperazine rings is 1. The number of ether oxygens (including phenoxy) is 1. The summed E-state index contributed by atoms with van der Waals surface area (Å²) in [5, 5.41) is 4.26. The number of nitrogens with zero attached hydrogens (tertiary/aromatic N) is 3. The second kappa shape index (κ2) is 8.41. The number of benzene rings is 1. The van der Waals surface area contributed by atoms with Gasteiger partial charge in [0.2, 0.25) is 5.91 Å². The number of urea groups is 1. The van der Waals surface area contributed by atoms with Gasteiger partial charge < -0.3 is 15.1 Å². The van der Waals surface area contributed by atoms with Gasteiger partial charge in [-0.15, -0.1) is 0 Å². The predicted molar refractivity (Wildman–Crippen MR) is 103 cm³/mol. The Hall–Kier alpha value is -2.91. The van der Waals surface area contributed by atoms with Gasteiger partial charge >= 0.3 is 6.03 Å². The minimum atomic E-state index is -1.12. The fourth-order valence-electron chi connectivity index (χ4n) is 3.22. The molecule has 2 heterocycles. The zero-order valence-corrected chi connectivity index (χ0v) is 16.3. The van der Waals surface area contributed by atoms with E-state index in [-0.39, 0.29) is 0 Å². The van der Waals surface area contributed by atoms with E-state index in [1.807, 2.05) is 12.1 Å². The summed E-state index contributed by atoms with van der Waals surface area (Å²) in [6.45, 7) is 5.04. The lowest BCUT2D eigenvalue weighted by atomic mass is 10.00. The van der Waals surface area contributed by atoms with Crippen LogP contribution in [0.5, 0.6) is 5.75 Å². The molecule has 9 heteroatoms. The lowest BCUT2D eigenvalue weighted by molar-refractivity contribution is -0.133. The number of methoxy groups -OCH3 is 1. The number of rotatable bonds is 5. The molecule has 2 aliphatic heterocycles. The highest BCUT2D eigenvalue weighted by molar-refractivity contribution is 6.28. The smallest absolute Gasteiger partial charge is 0.335 e. The lowest BCUT2D eigenvalue weighted by Crippen LogP contribution is -2.61. The molecule has 0 unspecified atom stereocenters. The molecule has 2 fully saturated rings. The number of hydrazine groups is 1. The number of likely N-dealkylation sites (N-methyl/N-ethyl adjacent to an activating group) is 1. The van der Waals surface area contributed by atoms with Crippen LogP contribution >= 0.6 is 0 Å². The molecule has 0 aromatic heterocycles. The van der Waals surface area contributed by atoms with Crippen molar-refractivity contribution in [2.24, 2.45) is 5.92 Å². The highest BCUT2D eigenvalue weighted by atomic mass is 16.5. The number of hydrogen-bond donors (Lipinski definition) is 2. The third-order valence-corrected chi connectivity index (χ3v) is 4.91. The van der Waals surface area contributed by atoms with Gasteiger partial charge in [-0.05, 0) is 38.2 Å². The fraction of sp³-hybridized carbons (Fsp3) is 0.421. The molecule has 9 nitrogen and oxygen atoms in total. The van der Waals surface area contributed by atoms with Crippen LogP contribution in [0.3, 0.4) is 0 Å². The van der Waals surface area contributed by atoms with Crippen molar-refractivity contribution in [2.75, 3.05) is 45.2 Å². The monoisotopic (exact) mass is 387 g/mol. The molecule has 4 amide bonds. The molecule has 0 bridgehead atoms. The Bertz CT molecular complexity index is 784. The molecule has 1 atom stereocenters. The topological polar surface area (TPSA) is 94.2 Å². The van der Waals surface area contributed by atoms with E-state index >= 15 is 0 Å². The largest absolute Gasteiger partial charge is 0.497 e. The first-order valence-corrected chi connectivity index (χ1v) is 9.13. The van der Waals surface area contributed by atoms with Gasteiger partial charge in [-0.25, -0.2) is 14.7 Å². The zero-order valence-electron chi connectivity index (χ0n) is 16.3. The Morgan fingerprint density at radius 3 is 2.36 bits per heavy atom. The van der Waals surface area contributed by atoms with Gasteiger partial charge in [-0.2, -0.15) is 0 Å². The maximum Gasteiger partial charge on any atom is 0.335 e. The number of anilines is 1. The number of carbonyl (C=O) groups is 3. The standard InChI is InChI=1S/C19H25N5O4/c1-4-15(21-23-11-9-22(2)10-12-23)16-17(25)20-19(27)24(18(16)26)13-5-7-14(28-3)8-6-13/h4-8,16,21H,9-12H2,1-3H3,(H,20,25,27)/b15-4+/t16-/m1/s1. The van der Waals surface area contributed by atoms with Gasteiger partial charge in [0.1, 0.15) is 5.75 Å². The van der Waals surface area contributed by atoms with Crippen LogP contribution in [-0.2, 0) is 9.59 Å². The van der Waals surface area contributed by atoms with Crippen molar-refractivity contribution in [3.05, 3.63) is 36.0 Å². The fourth-order valence-corrected chi connectivity index (χ4v) is 3.22. The Labute approximate surface area is 163 Å². The van der Waals surface area contributed by atoms with Crippen molar-refractivity contribution in [3.63, 3.8) is 0 Å². The van der Waals surface area contributed by atoms with Crippen LogP contribution in [0, 0.1) is 5.92 Å². The Balaban J connectivity index is 1.81. The van der Waals surface area contributed by atoms with Crippen LogP contribution < -0.4 is 20.4 Å². The zero-order chi connectivity index (χ0) is 20.3. The van der Waals surface area contributed by atoms with Gasteiger partial charge in [-0.1, -0.05) is 6.08 Å². The van der Waals surface area contributed by atoms with E-state index in [0.29, 0.717) is 17.1 Å². The number of nitrogens with one attached hydrogen (secondary N) is 2. The molecule has 150 valence electrons. The molecule has 2 N–H and O–H groups in total. The molecule has 0 spiro atoms. The quantitative estimate of drug-likeness (QED) is 0.713. The van der Waals surface area contributed by atoms with E-state index in [2.05, 4.69) is 15.6 Å². The van der Waals surface area contributed by atoms with E-state index in [1.54, 1.807) is 37.3 Å². The first kappa shape index (κ1) is 19.8. The lowest BCUT2D eigenvalue weighted by Gasteiger charge is -2.36. The van der Waals surface area contributed by atoms with E-state index in [9.17, 15) is 14.4 Å². The van der Waals surface area contributed by atoms with Crippen LogP contribution in [0.15, 0.2) is 36.0 Å². The third kappa shape index (κ3) is 4.00. The molecule has 0 saturated carbocycles. The van der Waals surface area contributed by atoms with Crippen molar-refractivity contribution in [1.82, 2.24) is 20.7 Å². The van der Waals surface area contributed by atoms with Crippen LogP contribution in [0.2, 0.25) is 0 Å². The number of allylic oxidation sites excluding steroid dienone is 1. The Morgan fingerprint density at radius 1 is 1.14 bits per heavy atom. The van der Waals surface area contributed by atoms with E-state index in [4.69, 9.17) is 4.74 Å². The number of carbonyl (C=O) groups excluding carboxylic acids is 3. The Morgan fingerprint density at radius 2 is 1.79 bits per heavy atom. The average Bonchev–Trinajstić information content (AvgIpc) is 2.69. The SMILES string of the molecule is C/C=C(/NN1CCN(C)CC1)[C@@H]1C(=O)NC(=O)N(c2ccc(OC)cc2)C1=O. The van der Waals surface area contributed by atoms with Gasteiger partial charge in [0.05, 0.1) is 12.8 Å². The molecule has 3 rings (SSSR count). The summed E-state index contributed by atoms with van der Waals surface area (Å²) in [5.41, 5.74) is 4.02. The van der Waals surface area contributed by atoms with Crippen LogP contribution in [-0.4, -0.2) is 68.1 Å². The first-order chi connectivity index (χ1) is 13.4. The number of barbiturate groups is 1. The summed E-state index contributed by atoms with van der Waals surface area (Å²) in [6, 6.07) is 5.76. The van der Waals surface area contributed by atoms with Crippen LogP contribution in [0.25, 0.3) is 0 Å². The normalized spacial score (nSPS) is 22.2. The van der Waals surface area contributed by atoms with Crippen molar-refractivity contribution in [3.8, 4) is 5.75 Å². The predicted octanol–water partition coefficient (Wildman–Crippen LogP) is 0.550. The van der Waals surface area contributed by atoms with E-state index in [0.717, 1.165) is 31.1 Å². The molecule has 2 saturated heterocycles. The van der Waals surface area contributed by atoms with Crippen LogP contribution in [0.4, 0.5) is 10.5 Å². The summed E-state index contributed by atoms with van der Waals surface area (Å²) < 4.78 is 5.11. The summed E-state index contributed by atoms with van der Waals surface area (Å²) in [5.74, 6) is -1.74. The van der Waals surface area contributed by atoms with Crippen molar-refractivity contribution in [2.45, 2.75) is 6.92 Å². The maximum absolute atomic E-state index is 13.1. The van der Waals surface area contributed by atoms with Gasteiger partial charge in [0.15, 0.2) is 5.92 Å². The first-order valence-electron chi connectivity index (χ1n) is 9.13. The van der Waals surface area contributed by atoms with Gasteiger partial charge in [0.25, 0.3) is 5.91 Å².